The minimum atomic E-state index is -3.99. The maximum atomic E-state index is 12.9. The molecular weight excluding hydrogens is 361 g/mol. The molecule has 4 bridgehead atoms. The zero-order valence-corrected chi connectivity index (χ0v) is 18.0. The Morgan fingerprint density at radius 1 is 1.08 bits per heavy atom. The molecule has 4 aliphatic carbocycles. The fraction of sp³-hybridized carbons (Fsp3) is 0.632. The van der Waals surface area contributed by atoms with Crippen LogP contribution in [0.3, 0.4) is 0 Å². The first-order valence-electron chi connectivity index (χ1n) is 9.11. The van der Waals surface area contributed by atoms with Crippen LogP contribution < -0.4 is 39.4 Å². The second kappa shape index (κ2) is 7.55. The van der Waals surface area contributed by atoms with Crippen molar-refractivity contribution in [2.45, 2.75) is 50.3 Å². The zero-order valence-electron chi connectivity index (χ0n) is 15.2. The molecule has 136 valence electrons. The number of aliphatic carboxylic acids is 1. The molecule has 0 spiro atoms. The van der Waals surface area contributed by atoms with Crippen molar-refractivity contribution in [1.29, 1.82) is 0 Å². The van der Waals surface area contributed by atoms with Crippen molar-refractivity contribution in [3.05, 3.63) is 35.9 Å². The third kappa shape index (κ3) is 3.76. The van der Waals surface area contributed by atoms with Crippen LogP contribution in [-0.2, 0) is 21.4 Å². The molecule has 0 saturated heterocycles. The summed E-state index contributed by atoms with van der Waals surface area (Å²) in [5.41, 5.74) is 0.171. The molecule has 1 aromatic rings. The molecule has 0 aromatic heterocycles. The second-order valence-electron chi connectivity index (χ2n) is 8.33. The van der Waals surface area contributed by atoms with E-state index in [1.54, 1.807) is 0 Å². The van der Waals surface area contributed by atoms with Gasteiger partial charge in [0.2, 0.25) is 10.0 Å². The number of carboxylic acid groups (broad SMARTS) is 1. The predicted molar refractivity (Wildman–Crippen MR) is 91.6 cm³/mol. The number of sulfonamides is 1. The predicted octanol–water partition coefficient (Wildman–Crippen LogP) is -1.56. The monoisotopic (exact) mass is 385 g/mol. The van der Waals surface area contributed by atoms with E-state index in [1.165, 1.54) is 0 Å². The summed E-state index contributed by atoms with van der Waals surface area (Å²) in [5, 5.41) is 10.5. The largest absolute Gasteiger partial charge is 1.00 e. The molecule has 0 radical (unpaired) electrons. The number of carbonyl (C=O) groups is 1. The summed E-state index contributed by atoms with van der Waals surface area (Å²) in [6, 6.07) is 9.16. The van der Waals surface area contributed by atoms with E-state index in [0.29, 0.717) is 37.0 Å². The van der Waals surface area contributed by atoms with Crippen LogP contribution >= 0.6 is 0 Å². The van der Waals surface area contributed by atoms with Gasteiger partial charge in [-0.25, -0.2) is 13.1 Å². The summed E-state index contributed by atoms with van der Waals surface area (Å²) in [4.78, 5) is 11.9. The molecule has 1 N–H and O–H groups in total. The van der Waals surface area contributed by atoms with E-state index in [0.717, 1.165) is 24.8 Å². The summed E-state index contributed by atoms with van der Waals surface area (Å²) in [5.74, 6) is 0.00906. The molecule has 4 fully saturated rings. The van der Waals surface area contributed by atoms with Crippen LogP contribution in [0.1, 0.15) is 44.1 Å². The SMILES string of the molecule is O=C([O-])C(C12CC3CC(CC(C3)C1)C2)S(=O)(=O)NCc1ccccc1.[Na+]. The van der Waals surface area contributed by atoms with Gasteiger partial charge in [0, 0.05) is 6.54 Å². The van der Waals surface area contributed by atoms with Crippen molar-refractivity contribution in [2.75, 3.05) is 0 Å². The summed E-state index contributed by atoms with van der Waals surface area (Å²) in [6.45, 7) is 0.110. The van der Waals surface area contributed by atoms with Crippen molar-refractivity contribution in [2.24, 2.45) is 23.2 Å². The van der Waals surface area contributed by atoms with E-state index >= 15 is 0 Å². The Labute approximate surface area is 177 Å². The third-order valence-electron chi connectivity index (χ3n) is 6.49. The third-order valence-corrected chi connectivity index (χ3v) is 8.35. The summed E-state index contributed by atoms with van der Waals surface area (Å²) >= 11 is 0. The van der Waals surface area contributed by atoms with E-state index in [1.807, 2.05) is 30.3 Å². The number of benzene rings is 1. The first-order chi connectivity index (χ1) is 11.9. The normalized spacial score (nSPS) is 33.5. The van der Waals surface area contributed by atoms with Crippen LogP contribution in [0.2, 0.25) is 0 Å². The minimum absolute atomic E-state index is 0. The molecule has 0 heterocycles. The number of hydrogen-bond acceptors (Lipinski definition) is 4. The van der Waals surface area contributed by atoms with E-state index in [2.05, 4.69) is 4.72 Å². The summed E-state index contributed by atoms with van der Waals surface area (Å²) < 4.78 is 28.4. The average molecular weight is 385 g/mol. The number of carboxylic acids is 1. The fourth-order valence-corrected chi connectivity index (χ4v) is 7.80. The van der Waals surface area contributed by atoms with Crippen LogP contribution in [0.15, 0.2) is 30.3 Å². The van der Waals surface area contributed by atoms with Crippen molar-refractivity contribution in [3.8, 4) is 0 Å². The van der Waals surface area contributed by atoms with E-state index in [-0.39, 0.29) is 36.1 Å². The van der Waals surface area contributed by atoms with Gasteiger partial charge in [-0.3, -0.25) is 0 Å². The maximum absolute atomic E-state index is 12.9. The van der Waals surface area contributed by atoms with Gasteiger partial charge in [0.25, 0.3) is 0 Å². The summed E-state index contributed by atoms with van der Waals surface area (Å²) in [7, 11) is -3.99. The second-order valence-corrected chi connectivity index (χ2v) is 10.2. The Morgan fingerprint density at radius 3 is 2.04 bits per heavy atom. The molecule has 4 saturated carbocycles. The van der Waals surface area contributed by atoms with Gasteiger partial charge < -0.3 is 9.90 Å². The number of rotatable bonds is 6. The van der Waals surface area contributed by atoms with Gasteiger partial charge in [-0.15, -0.1) is 0 Å². The Hall–Kier alpha value is -0.400. The van der Waals surface area contributed by atoms with E-state index in [9.17, 15) is 18.3 Å². The molecule has 1 atom stereocenters. The van der Waals surface area contributed by atoms with Gasteiger partial charge in [-0.1, -0.05) is 30.3 Å². The molecule has 4 aliphatic rings. The number of hydrogen-bond donors (Lipinski definition) is 1. The molecule has 0 amide bonds. The van der Waals surface area contributed by atoms with Crippen LogP contribution in [0, 0.1) is 23.2 Å². The molecule has 26 heavy (non-hydrogen) atoms. The van der Waals surface area contributed by atoms with Crippen molar-refractivity contribution in [3.63, 3.8) is 0 Å². The molecule has 5 nitrogen and oxygen atoms in total. The van der Waals surface area contributed by atoms with Crippen molar-refractivity contribution in [1.82, 2.24) is 4.72 Å². The van der Waals surface area contributed by atoms with E-state index < -0.39 is 26.7 Å². The Kier molecular flexibility index (Phi) is 5.91. The van der Waals surface area contributed by atoms with Gasteiger partial charge in [-0.05, 0) is 67.3 Å². The molecule has 7 heteroatoms. The van der Waals surface area contributed by atoms with Gasteiger partial charge in [0.05, 0.1) is 5.97 Å². The van der Waals surface area contributed by atoms with Crippen LogP contribution in [-0.4, -0.2) is 19.6 Å². The zero-order chi connectivity index (χ0) is 17.7. The summed E-state index contributed by atoms with van der Waals surface area (Å²) in [6.07, 6.45) is 5.54. The smallest absolute Gasteiger partial charge is 0.549 e. The Bertz CT molecular complexity index is 730. The molecule has 5 rings (SSSR count). The van der Waals surface area contributed by atoms with Crippen molar-refractivity contribution < 1.29 is 47.9 Å². The topological polar surface area (TPSA) is 86.3 Å². The van der Waals surface area contributed by atoms with Gasteiger partial charge in [0.1, 0.15) is 5.25 Å². The van der Waals surface area contributed by atoms with Crippen molar-refractivity contribution >= 4 is 16.0 Å². The number of carbonyl (C=O) groups excluding carboxylic acids is 1. The van der Waals surface area contributed by atoms with Crippen LogP contribution in [0.5, 0.6) is 0 Å². The first kappa shape index (κ1) is 20.3. The quantitative estimate of drug-likeness (QED) is 0.601. The molecule has 1 aromatic carbocycles. The molecule has 1 unspecified atom stereocenters. The molecular formula is C19H24NNaO4S. The fourth-order valence-electron chi connectivity index (χ4n) is 6.07. The standard InChI is InChI=1S/C19H25NO4S.Na/c21-18(22)17(25(23,24)20-12-13-4-2-1-3-5-13)19-9-14-6-15(10-19)8-16(7-14)11-19;/h1-5,14-17,20H,6-12H2,(H,21,22);/q;+1/p-1. The number of nitrogens with one attached hydrogen (secondary N) is 1. The van der Waals surface area contributed by atoms with Crippen LogP contribution in [0.4, 0.5) is 0 Å². The molecule has 0 aliphatic heterocycles. The first-order valence-corrected chi connectivity index (χ1v) is 10.7. The maximum Gasteiger partial charge on any atom is 1.00 e. The van der Waals surface area contributed by atoms with Crippen LogP contribution in [0.25, 0.3) is 0 Å². The van der Waals surface area contributed by atoms with Gasteiger partial charge >= 0.3 is 29.6 Å². The Balaban J connectivity index is 0.00000196. The Morgan fingerprint density at radius 2 is 1.58 bits per heavy atom. The van der Waals surface area contributed by atoms with Gasteiger partial charge in [0.15, 0.2) is 0 Å². The minimum Gasteiger partial charge on any atom is -0.549 e. The van der Waals surface area contributed by atoms with Gasteiger partial charge in [-0.2, -0.15) is 0 Å². The van der Waals surface area contributed by atoms with E-state index in [4.69, 9.17) is 0 Å². The average Bonchev–Trinajstić information content (AvgIpc) is 2.51.